The third-order valence-corrected chi connectivity index (χ3v) is 5.25. The van der Waals surface area contributed by atoms with Gasteiger partial charge in [-0.05, 0) is 31.0 Å². The molecule has 0 aliphatic carbocycles. The number of hydrogen-bond acceptors (Lipinski definition) is 2. The van der Waals surface area contributed by atoms with E-state index in [0.29, 0.717) is 25.6 Å². The van der Waals surface area contributed by atoms with Crippen LogP contribution < -0.4 is 4.90 Å². The second kappa shape index (κ2) is 9.24. The summed E-state index contributed by atoms with van der Waals surface area (Å²) >= 11 is 0. The summed E-state index contributed by atoms with van der Waals surface area (Å²) in [5.41, 5.74) is 0.764. The number of benzene rings is 2. The van der Waals surface area contributed by atoms with Gasteiger partial charge in [0.1, 0.15) is 17.8 Å². The van der Waals surface area contributed by atoms with E-state index in [-0.39, 0.29) is 24.1 Å². The molecule has 1 saturated heterocycles. The van der Waals surface area contributed by atoms with E-state index in [1.165, 1.54) is 6.07 Å². The maximum atomic E-state index is 14.5. The summed E-state index contributed by atoms with van der Waals surface area (Å²) in [5, 5.41) is 0. The molecule has 1 atom stereocenters. The minimum atomic E-state index is -1.51. The first-order valence-corrected chi connectivity index (χ1v) is 9.68. The van der Waals surface area contributed by atoms with E-state index in [0.717, 1.165) is 24.6 Å². The second-order valence-corrected chi connectivity index (χ2v) is 7.12. The lowest BCUT2D eigenvalue weighted by atomic mass is 10.0. The number of alkyl halides is 1. The van der Waals surface area contributed by atoms with Crippen LogP contribution in [0.1, 0.15) is 37.9 Å². The van der Waals surface area contributed by atoms with Gasteiger partial charge in [-0.1, -0.05) is 31.2 Å². The number of nitrogens with zero attached hydrogens (tertiary/aromatic N) is 2. The van der Waals surface area contributed by atoms with Gasteiger partial charge in [0.15, 0.2) is 0 Å². The fourth-order valence-corrected chi connectivity index (χ4v) is 3.76. The van der Waals surface area contributed by atoms with Crippen molar-refractivity contribution in [2.75, 3.05) is 24.5 Å². The van der Waals surface area contributed by atoms with Crippen LogP contribution in [0.4, 0.5) is 18.9 Å². The van der Waals surface area contributed by atoms with Crippen molar-refractivity contribution >= 4 is 11.6 Å². The van der Waals surface area contributed by atoms with Crippen molar-refractivity contribution in [3.05, 3.63) is 65.7 Å². The maximum Gasteiger partial charge on any atom is 0.226 e. The SMILES string of the molecule is CCC(=O)N(c1ccccc1)C1CCN(CC(F)c2ccc(F)cc2F)CC1. The zero-order chi connectivity index (χ0) is 20.1. The van der Waals surface area contributed by atoms with E-state index in [4.69, 9.17) is 0 Å². The Hall–Kier alpha value is -2.34. The number of rotatable bonds is 6. The number of amides is 1. The first-order valence-electron chi connectivity index (χ1n) is 9.68. The molecule has 2 aromatic carbocycles. The third-order valence-electron chi connectivity index (χ3n) is 5.25. The molecule has 2 aromatic rings. The Morgan fingerprint density at radius 1 is 1.14 bits per heavy atom. The molecule has 1 aliphatic rings. The van der Waals surface area contributed by atoms with Crippen LogP contribution in [0.5, 0.6) is 0 Å². The van der Waals surface area contributed by atoms with Crippen molar-refractivity contribution in [1.29, 1.82) is 0 Å². The molecule has 1 fully saturated rings. The number of hydrogen-bond donors (Lipinski definition) is 0. The normalized spacial score (nSPS) is 16.7. The van der Waals surface area contributed by atoms with Gasteiger partial charge in [0, 0.05) is 49.4 Å². The highest BCUT2D eigenvalue weighted by Crippen LogP contribution is 2.27. The Labute approximate surface area is 163 Å². The zero-order valence-corrected chi connectivity index (χ0v) is 16.0. The molecule has 1 unspecified atom stereocenters. The van der Waals surface area contributed by atoms with Crippen molar-refractivity contribution in [2.45, 2.75) is 38.4 Å². The lowest BCUT2D eigenvalue weighted by Crippen LogP contribution is -2.48. The fourth-order valence-electron chi connectivity index (χ4n) is 3.76. The van der Waals surface area contributed by atoms with Gasteiger partial charge in [0.25, 0.3) is 0 Å². The number of carbonyl (C=O) groups is 1. The van der Waals surface area contributed by atoms with Crippen molar-refractivity contribution in [3.63, 3.8) is 0 Å². The Morgan fingerprint density at radius 3 is 2.43 bits per heavy atom. The predicted molar refractivity (Wildman–Crippen MR) is 104 cm³/mol. The highest BCUT2D eigenvalue weighted by Gasteiger charge is 2.29. The smallest absolute Gasteiger partial charge is 0.226 e. The van der Waals surface area contributed by atoms with E-state index in [1.807, 2.05) is 47.1 Å². The summed E-state index contributed by atoms with van der Waals surface area (Å²) in [7, 11) is 0. The van der Waals surface area contributed by atoms with Gasteiger partial charge in [-0.2, -0.15) is 0 Å². The van der Waals surface area contributed by atoms with E-state index in [1.54, 1.807) is 0 Å². The first-order chi connectivity index (χ1) is 13.5. The second-order valence-electron chi connectivity index (χ2n) is 7.12. The average Bonchev–Trinajstić information content (AvgIpc) is 2.70. The molecule has 6 heteroatoms. The van der Waals surface area contributed by atoms with Gasteiger partial charge in [-0.3, -0.25) is 9.69 Å². The van der Waals surface area contributed by atoms with Gasteiger partial charge < -0.3 is 4.90 Å². The molecule has 1 aliphatic heterocycles. The predicted octanol–water partition coefficient (Wildman–Crippen LogP) is 4.88. The van der Waals surface area contributed by atoms with Gasteiger partial charge in [0.05, 0.1) is 0 Å². The summed E-state index contributed by atoms with van der Waals surface area (Å²) in [4.78, 5) is 16.3. The Kier molecular flexibility index (Phi) is 6.73. The van der Waals surface area contributed by atoms with Crippen LogP contribution in [-0.4, -0.2) is 36.5 Å². The van der Waals surface area contributed by atoms with E-state index in [9.17, 15) is 18.0 Å². The van der Waals surface area contributed by atoms with E-state index >= 15 is 0 Å². The molecule has 1 amide bonds. The number of likely N-dealkylation sites (tertiary alicyclic amines) is 1. The van der Waals surface area contributed by atoms with Crippen LogP contribution in [0.3, 0.4) is 0 Å². The van der Waals surface area contributed by atoms with Crippen molar-refractivity contribution in [3.8, 4) is 0 Å². The topological polar surface area (TPSA) is 23.6 Å². The van der Waals surface area contributed by atoms with E-state index < -0.39 is 17.8 Å². The first kappa shape index (κ1) is 20.4. The molecule has 0 radical (unpaired) electrons. The molecule has 3 rings (SSSR count). The van der Waals surface area contributed by atoms with Crippen LogP contribution >= 0.6 is 0 Å². The molecule has 0 aromatic heterocycles. The summed E-state index contributed by atoms with van der Waals surface area (Å²) in [6.45, 7) is 3.14. The molecule has 0 spiro atoms. The molecule has 28 heavy (non-hydrogen) atoms. The molecule has 0 N–H and O–H groups in total. The van der Waals surface area contributed by atoms with Gasteiger partial charge in [0.2, 0.25) is 5.91 Å². The number of halogens is 3. The minimum Gasteiger partial charge on any atom is -0.309 e. The summed E-state index contributed by atoms with van der Waals surface area (Å²) in [5.74, 6) is -1.50. The highest BCUT2D eigenvalue weighted by molar-refractivity contribution is 5.93. The van der Waals surface area contributed by atoms with Crippen molar-refractivity contribution < 1.29 is 18.0 Å². The summed E-state index contributed by atoms with van der Waals surface area (Å²) in [6, 6.07) is 12.6. The maximum absolute atomic E-state index is 14.5. The van der Waals surface area contributed by atoms with Crippen LogP contribution in [0, 0.1) is 11.6 Å². The summed E-state index contributed by atoms with van der Waals surface area (Å²) in [6.07, 6.45) is 0.351. The highest BCUT2D eigenvalue weighted by atomic mass is 19.1. The lowest BCUT2D eigenvalue weighted by Gasteiger charge is -2.39. The van der Waals surface area contributed by atoms with Crippen LogP contribution in [-0.2, 0) is 4.79 Å². The molecule has 0 saturated carbocycles. The summed E-state index contributed by atoms with van der Waals surface area (Å²) < 4.78 is 41.4. The van der Waals surface area contributed by atoms with Crippen LogP contribution in [0.2, 0.25) is 0 Å². The minimum absolute atomic E-state index is 0.0579. The molecular formula is C22H25F3N2O. The molecule has 0 bridgehead atoms. The molecule has 1 heterocycles. The van der Waals surface area contributed by atoms with Gasteiger partial charge >= 0.3 is 0 Å². The lowest BCUT2D eigenvalue weighted by molar-refractivity contribution is -0.119. The largest absolute Gasteiger partial charge is 0.309 e. The number of anilines is 1. The zero-order valence-electron chi connectivity index (χ0n) is 16.0. The number of para-hydroxylation sites is 1. The van der Waals surface area contributed by atoms with Crippen LogP contribution in [0.15, 0.2) is 48.5 Å². The number of piperidine rings is 1. The van der Waals surface area contributed by atoms with Crippen molar-refractivity contribution in [2.24, 2.45) is 0 Å². The molecule has 3 nitrogen and oxygen atoms in total. The average molecular weight is 390 g/mol. The van der Waals surface area contributed by atoms with Gasteiger partial charge in [-0.25, -0.2) is 13.2 Å². The third kappa shape index (κ3) is 4.73. The number of carbonyl (C=O) groups excluding carboxylic acids is 1. The van der Waals surface area contributed by atoms with Crippen LogP contribution in [0.25, 0.3) is 0 Å². The van der Waals surface area contributed by atoms with Crippen molar-refractivity contribution in [1.82, 2.24) is 4.90 Å². The molecular weight excluding hydrogens is 365 g/mol. The Balaban J connectivity index is 1.62. The fraction of sp³-hybridized carbons (Fsp3) is 0.409. The molecule has 150 valence electrons. The Bertz CT molecular complexity index is 792. The van der Waals surface area contributed by atoms with Gasteiger partial charge in [-0.15, -0.1) is 0 Å². The quantitative estimate of drug-likeness (QED) is 0.702. The van der Waals surface area contributed by atoms with E-state index in [2.05, 4.69) is 0 Å². The standard InChI is InChI=1S/C22H25F3N2O/c1-2-22(28)27(17-6-4-3-5-7-17)18-10-12-26(13-11-18)15-21(25)19-9-8-16(23)14-20(19)24/h3-9,14,18,21H,2,10-13,15H2,1H3. The Morgan fingerprint density at radius 2 is 1.82 bits per heavy atom. The monoisotopic (exact) mass is 390 g/mol.